The van der Waals surface area contributed by atoms with Gasteiger partial charge in [-0.05, 0) is 33.0 Å². The Morgan fingerprint density at radius 3 is 1.62 bits per heavy atom. The molecule has 0 spiro atoms. The summed E-state index contributed by atoms with van der Waals surface area (Å²) in [5, 5.41) is 13.8. The van der Waals surface area contributed by atoms with Crippen molar-refractivity contribution in [3.8, 4) is 0 Å². The fraction of sp³-hybridized carbons (Fsp3) is 0.0303. The highest BCUT2D eigenvalue weighted by Crippen LogP contribution is 2.33. The second kappa shape index (κ2) is 10.0. The van der Waals surface area contributed by atoms with Crippen molar-refractivity contribution in [3.63, 3.8) is 0 Å². The number of benzene rings is 5. The molecule has 5 aromatic rings. The lowest BCUT2D eigenvalue weighted by molar-refractivity contribution is 0.240. The molecule has 1 atom stereocenters. The Kier molecular flexibility index (Phi) is 6.34. The van der Waals surface area contributed by atoms with Crippen LogP contribution in [0, 0.1) is 0 Å². The zero-order valence-electron chi connectivity index (χ0n) is 18.7. The molecular formula is C33H24O. The second-order valence-electron chi connectivity index (χ2n) is 8.11. The zero-order valence-corrected chi connectivity index (χ0v) is 18.7. The first-order valence-electron chi connectivity index (χ1n) is 11.4. The molecule has 5 rings (SSSR count). The maximum atomic E-state index is 11.6. The van der Waals surface area contributed by atoms with E-state index in [0.717, 1.165) is 38.6 Å². The van der Waals surface area contributed by atoms with E-state index in [-0.39, 0.29) is 0 Å². The molecule has 0 saturated carbocycles. The van der Waals surface area contributed by atoms with Crippen LogP contribution in [0.5, 0.6) is 0 Å². The fourth-order valence-electron chi connectivity index (χ4n) is 4.21. The number of fused-ring (bicyclic) bond motifs is 1. The van der Waals surface area contributed by atoms with E-state index in [4.69, 9.17) is 0 Å². The van der Waals surface area contributed by atoms with Gasteiger partial charge in [0.25, 0.3) is 0 Å². The second-order valence-corrected chi connectivity index (χ2v) is 8.11. The molecule has 0 saturated heterocycles. The van der Waals surface area contributed by atoms with Crippen molar-refractivity contribution >= 4 is 21.9 Å². The van der Waals surface area contributed by atoms with E-state index in [1.165, 1.54) is 0 Å². The minimum Gasteiger partial charge on any atom is -0.383 e. The van der Waals surface area contributed by atoms with Crippen LogP contribution in [0.25, 0.3) is 21.9 Å². The average Bonchev–Trinajstić information content (AvgIpc) is 2.92. The van der Waals surface area contributed by atoms with E-state index in [9.17, 15) is 5.11 Å². The van der Waals surface area contributed by atoms with Crippen LogP contribution in [-0.4, -0.2) is 5.11 Å². The third kappa shape index (κ3) is 4.55. The van der Waals surface area contributed by atoms with E-state index < -0.39 is 6.10 Å². The average molecular weight is 437 g/mol. The smallest absolute Gasteiger partial charge is 0.113 e. The zero-order chi connectivity index (χ0) is 23.2. The van der Waals surface area contributed by atoms with E-state index in [0.29, 0.717) is 5.57 Å². The molecule has 0 fully saturated rings. The van der Waals surface area contributed by atoms with Crippen LogP contribution in [0.1, 0.15) is 28.4 Å². The molecule has 0 aliphatic rings. The fourth-order valence-corrected chi connectivity index (χ4v) is 4.21. The molecule has 5 aromatic carbocycles. The molecule has 0 bridgehead atoms. The number of hydrogen-bond acceptors (Lipinski definition) is 1. The Morgan fingerprint density at radius 2 is 1.00 bits per heavy atom. The monoisotopic (exact) mass is 436 g/mol. The predicted octanol–water partition coefficient (Wildman–Crippen LogP) is 7.84. The lowest BCUT2D eigenvalue weighted by Crippen LogP contribution is -2.01. The predicted molar refractivity (Wildman–Crippen MR) is 141 cm³/mol. The van der Waals surface area contributed by atoms with Crippen LogP contribution in [0.2, 0.25) is 0 Å². The summed E-state index contributed by atoms with van der Waals surface area (Å²) in [7, 11) is 0. The molecule has 0 heterocycles. The maximum Gasteiger partial charge on any atom is 0.113 e. The van der Waals surface area contributed by atoms with Gasteiger partial charge in [-0.2, -0.15) is 0 Å². The number of hydrogen-bond donors (Lipinski definition) is 1. The number of aliphatic hydroxyl groups excluding tert-OH is 1. The highest BCUT2D eigenvalue weighted by atomic mass is 16.3. The van der Waals surface area contributed by atoms with Gasteiger partial charge in [-0.15, -0.1) is 0 Å². The lowest BCUT2D eigenvalue weighted by atomic mass is 9.92. The summed E-state index contributed by atoms with van der Waals surface area (Å²) in [5.74, 6) is 0. The van der Waals surface area contributed by atoms with Gasteiger partial charge in [0.2, 0.25) is 0 Å². The number of aliphatic hydroxyl groups is 1. The van der Waals surface area contributed by atoms with Gasteiger partial charge in [-0.25, -0.2) is 0 Å². The Balaban J connectivity index is 1.78. The molecular weight excluding hydrogens is 412 g/mol. The van der Waals surface area contributed by atoms with Gasteiger partial charge in [-0.3, -0.25) is 0 Å². The van der Waals surface area contributed by atoms with Crippen molar-refractivity contribution in [2.75, 3.05) is 0 Å². The Hall–Kier alpha value is -4.38. The quantitative estimate of drug-likeness (QED) is 0.278. The Bertz CT molecular complexity index is 1460. The van der Waals surface area contributed by atoms with E-state index >= 15 is 0 Å². The normalized spacial score (nSPS) is 11.3. The first-order valence-corrected chi connectivity index (χ1v) is 11.4. The molecule has 1 unspecified atom stereocenters. The molecule has 34 heavy (non-hydrogen) atoms. The molecule has 0 aliphatic heterocycles. The van der Waals surface area contributed by atoms with Crippen molar-refractivity contribution in [2.45, 2.75) is 6.10 Å². The molecule has 0 amide bonds. The molecule has 1 N–H and O–H groups in total. The summed E-state index contributed by atoms with van der Waals surface area (Å²) >= 11 is 0. The van der Waals surface area contributed by atoms with Crippen LogP contribution in [0.4, 0.5) is 0 Å². The van der Waals surface area contributed by atoms with Crippen LogP contribution in [0.3, 0.4) is 0 Å². The third-order valence-corrected chi connectivity index (χ3v) is 5.92. The lowest BCUT2D eigenvalue weighted by Gasteiger charge is -2.16. The van der Waals surface area contributed by atoms with Gasteiger partial charge in [0.1, 0.15) is 6.10 Å². The molecule has 0 aliphatic carbocycles. The van der Waals surface area contributed by atoms with E-state index in [2.05, 4.69) is 53.9 Å². The van der Waals surface area contributed by atoms with Crippen LogP contribution >= 0.6 is 0 Å². The Labute approximate surface area is 200 Å². The van der Waals surface area contributed by atoms with Gasteiger partial charge >= 0.3 is 0 Å². The first-order chi connectivity index (χ1) is 16.8. The van der Waals surface area contributed by atoms with Crippen molar-refractivity contribution in [1.29, 1.82) is 0 Å². The van der Waals surface area contributed by atoms with E-state index in [1.807, 2.05) is 91.0 Å². The molecule has 1 nitrogen and oxygen atoms in total. The SMILES string of the molecule is OC(C(=C=C=C(c1ccccc1)c1ccccc1)c1ccccc1)c1cccc2ccccc12. The van der Waals surface area contributed by atoms with E-state index in [1.54, 1.807) is 0 Å². The molecule has 0 aromatic heterocycles. The first kappa shape index (κ1) is 21.5. The molecule has 0 radical (unpaired) electrons. The van der Waals surface area contributed by atoms with Gasteiger partial charge < -0.3 is 5.11 Å². The summed E-state index contributed by atoms with van der Waals surface area (Å²) < 4.78 is 0. The summed E-state index contributed by atoms with van der Waals surface area (Å²) in [5.41, 5.74) is 12.3. The van der Waals surface area contributed by atoms with Crippen molar-refractivity contribution < 1.29 is 5.11 Å². The van der Waals surface area contributed by atoms with Crippen LogP contribution in [0.15, 0.2) is 145 Å². The van der Waals surface area contributed by atoms with Gasteiger partial charge in [-0.1, -0.05) is 145 Å². The van der Waals surface area contributed by atoms with Gasteiger partial charge in [0.05, 0.1) is 0 Å². The largest absolute Gasteiger partial charge is 0.383 e. The Morgan fingerprint density at radius 1 is 0.500 bits per heavy atom. The summed E-state index contributed by atoms with van der Waals surface area (Å²) in [4.78, 5) is 0. The van der Waals surface area contributed by atoms with Crippen LogP contribution < -0.4 is 0 Å². The maximum absolute atomic E-state index is 11.6. The summed E-state index contributed by atoms with van der Waals surface area (Å²) in [6.45, 7) is 0. The summed E-state index contributed by atoms with van der Waals surface area (Å²) in [6, 6.07) is 44.5. The highest BCUT2D eigenvalue weighted by Gasteiger charge is 2.17. The van der Waals surface area contributed by atoms with Gasteiger partial charge in [0, 0.05) is 11.1 Å². The minimum atomic E-state index is -0.853. The van der Waals surface area contributed by atoms with Gasteiger partial charge in [0.15, 0.2) is 0 Å². The van der Waals surface area contributed by atoms with Crippen molar-refractivity contribution in [1.82, 2.24) is 0 Å². The third-order valence-electron chi connectivity index (χ3n) is 5.92. The minimum absolute atomic E-state index is 0.682. The van der Waals surface area contributed by atoms with Crippen molar-refractivity contribution in [3.05, 3.63) is 167 Å². The molecule has 1 heteroatoms. The highest BCUT2D eigenvalue weighted by molar-refractivity contribution is 5.88. The number of rotatable bonds is 5. The molecule has 162 valence electrons. The van der Waals surface area contributed by atoms with Crippen LogP contribution in [-0.2, 0) is 0 Å². The van der Waals surface area contributed by atoms with Crippen molar-refractivity contribution in [2.24, 2.45) is 0 Å². The summed E-state index contributed by atoms with van der Waals surface area (Å²) in [6.07, 6.45) is -0.853. The standard InChI is InChI=1S/C33H24O/c34-33(32-22-12-20-27-19-10-11-21-30(27)32)31(28-17-8-3-9-18-28)24-23-29(25-13-4-1-5-14-25)26-15-6-2-7-16-26/h1-22,33-34H. The topological polar surface area (TPSA) is 20.2 Å².